The minimum atomic E-state index is 0.0437. The highest BCUT2D eigenvalue weighted by Gasteiger charge is 2.05. The molecule has 0 aliphatic carbocycles. The van der Waals surface area contributed by atoms with Crippen molar-refractivity contribution in [3.05, 3.63) is 66.2 Å². The summed E-state index contributed by atoms with van der Waals surface area (Å²) in [5, 5.41) is 9.27. The van der Waals surface area contributed by atoms with Gasteiger partial charge in [0, 0.05) is 0 Å². The zero-order chi connectivity index (χ0) is 11.4. The molecule has 0 bridgehead atoms. The van der Waals surface area contributed by atoms with Gasteiger partial charge in [0.05, 0.1) is 6.61 Å². The largest absolute Gasteiger partial charge is 0.392 e. The van der Waals surface area contributed by atoms with Gasteiger partial charge >= 0.3 is 0 Å². The zero-order valence-electron chi connectivity index (χ0n) is 9.06. The zero-order valence-corrected chi connectivity index (χ0v) is 9.06. The smallest absolute Gasteiger partial charge is 0.0687 e. The monoisotopic (exact) mass is 210 g/mol. The first-order valence-corrected chi connectivity index (χ1v) is 5.27. The molecule has 0 heterocycles. The molecule has 0 fully saturated rings. The fraction of sp³-hybridized carbons (Fsp3) is 0.0667. The van der Waals surface area contributed by atoms with Gasteiger partial charge in [0.1, 0.15) is 0 Å². The van der Waals surface area contributed by atoms with Crippen molar-refractivity contribution in [2.24, 2.45) is 0 Å². The summed E-state index contributed by atoms with van der Waals surface area (Å²) in [6.07, 6.45) is 1.80. The molecule has 1 nitrogen and oxygen atoms in total. The quantitative estimate of drug-likeness (QED) is 0.822. The molecule has 80 valence electrons. The van der Waals surface area contributed by atoms with E-state index in [4.69, 9.17) is 0 Å². The molecule has 0 saturated carbocycles. The Kier molecular flexibility index (Phi) is 3.18. The number of hydrogen-bond donors (Lipinski definition) is 1. The second-order valence-corrected chi connectivity index (χ2v) is 3.61. The summed E-state index contributed by atoms with van der Waals surface area (Å²) in [5.74, 6) is 0. The van der Waals surface area contributed by atoms with Crippen LogP contribution in [0.25, 0.3) is 17.2 Å². The number of aliphatic hydroxyl groups excluding tert-OH is 1. The van der Waals surface area contributed by atoms with E-state index in [0.29, 0.717) is 0 Å². The Morgan fingerprint density at radius 3 is 2.38 bits per heavy atom. The lowest BCUT2D eigenvalue weighted by Crippen LogP contribution is -1.91. The molecule has 0 aromatic heterocycles. The van der Waals surface area contributed by atoms with Crippen molar-refractivity contribution in [2.75, 3.05) is 0 Å². The number of benzene rings is 2. The number of aliphatic hydroxyl groups is 1. The van der Waals surface area contributed by atoms with Gasteiger partial charge in [-0.25, -0.2) is 0 Å². The maximum absolute atomic E-state index is 9.27. The van der Waals surface area contributed by atoms with E-state index in [0.717, 1.165) is 22.3 Å². The average molecular weight is 210 g/mol. The van der Waals surface area contributed by atoms with Crippen LogP contribution in [0.3, 0.4) is 0 Å². The lowest BCUT2D eigenvalue weighted by Gasteiger charge is -2.10. The van der Waals surface area contributed by atoms with Crippen molar-refractivity contribution in [1.29, 1.82) is 0 Å². The van der Waals surface area contributed by atoms with E-state index in [-0.39, 0.29) is 6.61 Å². The second kappa shape index (κ2) is 4.77. The second-order valence-electron chi connectivity index (χ2n) is 3.61. The lowest BCUT2D eigenvalue weighted by atomic mass is 9.96. The van der Waals surface area contributed by atoms with Gasteiger partial charge in [-0.3, -0.25) is 0 Å². The van der Waals surface area contributed by atoms with Gasteiger partial charge in [0.25, 0.3) is 0 Å². The van der Waals surface area contributed by atoms with E-state index in [1.54, 1.807) is 6.08 Å². The number of hydrogen-bond acceptors (Lipinski definition) is 1. The van der Waals surface area contributed by atoms with Gasteiger partial charge in [-0.15, -0.1) is 0 Å². The highest BCUT2D eigenvalue weighted by atomic mass is 16.3. The van der Waals surface area contributed by atoms with Crippen LogP contribution in [0, 0.1) is 0 Å². The van der Waals surface area contributed by atoms with Gasteiger partial charge in [-0.05, 0) is 22.3 Å². The van der Waals surface area contributed by atoms with Crippen LogP contribution in [0.2, 0.25) is 0 Å². The van der Waals surface area contributed by atoms with Crippen molar-refractivity contribution in [3.8, 4) is 11.1 Å². The van der Waals surface area contributed by atoms with Crippen molar-refractivity contribution in [1.82, 2.24) is 0 Å². The average Bonchev–Trinajstić information content (AvgIpc) is 2.38. The van der Waals surface area contributed by atoms with Crippen LogP contribution in [0.4, 0.5) is 0 Å². The van der Waals surface area contributed by atoms with Crippen molar-refractivity contribution in [3.63, 3.8) is 0 Å². The fourth-order valence-electron chi connectivity index (χ4n) is 1.86. The normalized spacial score (nSPS) is 10.1. The molecule has 1 heteroatoms. The predicted octanol–water partition coefficient (Wildman–Crippen LogP) is 3.49. The summed E-state index contributed by atoms with van der Waals surface area (Å²) in [7, 11) is 0. The lowest BCUT2D eigenvalue weighted by molar-refractivity contribution is 0.281. The van der Waals surface area contributed by atoms with Crippen molar-refractivity contribution >= 4 is 6.08 Å². The molecule has 2 aromatic rings. The molecule has 0 saturated heterocycles. The SMILES string of the molecule is C=Cc1c(CO)cccc1-c1ccccc1. The molecule has 1 N–H and O–H groups in total. The summed E-state index contributed by atoms with van der Waals surface area (Å²) in [4.78, 5) is 0. The topological polar surface area (TPSA) is 20.2 Å². The Morgan fingerprint density at radius 2 is 1.75 bits per heavy atom. The molecule has 0 aliphatic rings. The fourth-order valence-corrected chi connectivity index (χ4v) is 1.86. The molecule has 0 unspecified atom stereocenters. The maximum Gasteiger partial charge on any atom is 0.0687 e. The van der Waals surface area contributed by atoms with Gasteiger partial charge in [-0.2, -0.15) is 0 Å². The van der Waals surface area contributed by atoms with E-state index in [1.807, 2.05) is 36.4 Å². The summed E-state index contributed by atoms with van der Waals surface area (Å²) in [6, 6.07) is 16.1. The summed E-state index contributed by atoms with van der Waals surface area (Å²) >= 11 is 0. The van der Waals surface area contributed by atoms with Crippen LogP contribution >= 0.6 is 0 Å². The molecular formula is C15H14O. The first kappa shape index (κ1) is 10.7. The van der Waals surface area contributed by atoms with Gasteiger partial charge in [0.2, 0.25) is 0 Å². The third kappa shape index (κ3) is 1.90. The third-order valence-corrected chi connectivity index (χ3v) is 2.66. The highest BCUT2D eigenvalue weighted by Crippen LogP contribution is 2.27. The standard InChI is InChI=1S/C15H14O/c1-2-14-13(11-16)9-6-10-15(14)12-7-4-3-5-8-12/h2-10,16H,1,11H2. The first-order valence-electron chi connectivity index (χ1n) is 5.27. The van der Waals surface area contributed by atoms with Crippen LogP contribution in [0.5, 0.6) is 0 Å². The minimum absolute atomic E-state index is 0.0437. The molecule has 0 spiro atoms. The molecule has 2 aromatic carbocycles. The first-order chi connectivity index (χ1) is 7.86. The van der Waals surface area contributed by atoms with Crippen LogP contribution in [0.15, 0.2) is 55.1 Å². The van der Waals surface area contributed by atoms with Crippen LogP contribution in [-0.2, 0) is 6.61 Å². The predicted molar refractivity (Wildman–Crippen MR) is 67.9 cm³/mol. The molecule has 16 heavy (non-hydrogen) atoms. The third-order valence-electron chi connectivity index (χ3n) is 2.66. The Labute approximate surface area is 95.7 Å². The van der Waals surface area contributed by atoms with E-state index in [9.17, 15) is 5.11 Å². The molecular weight excluding hydrogens is 196 g/mol. The van der Waals surface area contributed by atoms with Crippen LogP contribution < -0.4 is 0 Å². The summed E-state index contributed by atoms with van der Waals surface area (Å²) in [6.45, 7) is 3.86. The minimum Gasteiger partial charge on any atom is -0.392 e. The van der Waals surface area contributed by atoms with Crippen LogP contribution in [-0.4, -0.2) is 5.11 Å². The Morgan fingerprint density at radius 1 is 1.00 bits per heavy atom. The Hall–Kier alpha value is -1.86. The highest BCUT2D eigenvalue weighted by molar-refractivity contribution is 5.76. The van der Waals surface area contributed by atoms with Gasteiger partial charge < -0.3 is 5.11 Å². The van der Waals surface area contributed by atoms with E-state index >= 15 is 0 Å². The Bertz CT molecular complexity index is 486. The molecule has 0 aliphatic heterocycles. The Balaban J connectivity index is 2.61. The number of rotatable bonds is 3. The van der Waals surface area contributed by atoms with E-state index in [1.165, 1.54) is 0 Å². The van der Waals surface area contributed by atoms with E-state index < -0.39 is 0 Å². The molecule has 0 amide bonds. The van der Waals surface area contributed by atoms with Gasteiger partial charge in [-0.1, -0.05) is 61.2 Å². The molecule has 0 atom stereocenters. The van der Waals surface area contributed by atoms with Gasteiger partial charge in [0.15, 0.2) is 0 Å². The molecule has 0 radical (unpaired) electrons. The van der Waals surface area contributed by atoms with E-state index in [2.05, 4.69) is 18.7 Å². The van der Waals surface area contributed by atoms with Crippen molar-refractivity contribution in [2.45, 2.75) is 6.61 Å². The van der Waals surface area contributed by atoms with Crippen LogP contribution in [0.1, 0.15) is 11.1 Å². The summed E-state index contributed by atoms with van der Waals surface area (Å²) < 4.78 is 0. The maximum atomic E-state index is 9.27. The summed E-state index contributed by atoms with van der Waals surface area (Å²) in [5.41, 5.74) is 4.18. The van der Waals surface area contributed by atoms with Crippen molar-refractivity contribution < 1.29 is 5.11 Å². The molecule has 2 rings (SSSR count).